The van der Waals surface area contributed by atoms with Gasteiger partial charge in [-0.2, -0.15) is 0 Å². The van der Waals surface area contributed by atoms with Gasteiger partial charge >= 0.3 is 0 Å². The molecule has 3 heterocycles. The molecule has 0 unspecified atom stereocenters. The quantitative estimate of drug-likeness (QED) is 0.466. The summed E-state index contributed by atoms with van der Waals surface area (Å²) in [6, 6.07) is 6.41. The van der Waals surface area contributed by atoms with Crippen LogP contribution in [0.5, 0.6) is 0 Å². The van der Waals surface area contributed by atoms with Crippen LogP contribution in [0.3, 0.4) is 0 Å². The second kappa shape index (κ2) is 3.29. The SMILES string of the molecule is O=c1[nH]nnc2cc3c(=O)n4cccc4oc3cc12. The molecule has 4 aromatic rings. The summed E-state index contributed by atoms with van der Waals surface area (Å²) in [5.41, 5.74) is 0.544. The number of nitrogens with one attached hydrogen (secondary N) is 1. The molecule has 7 heteroatoms. The molecule has 3 aromatic heterocycles. The summed E-state index contributed by atoms with van der Waals surface area (Å²) >= 11 is 0. The number of hydrogen-bond acceptors (Lipinski definition) is 5. The molecular formula is C12H6N4O3. The summed E-state index contributed by atoms with van der Waals surface area (Å²) in [7, 11) is 0. The number of fused-ring (bicyclic) bond motifs is 3. The molecule has 0 bridgehead atoms. The maximum Gasteiger partial charge on any atom is 0.275 e. The van der Waals surface area contributed by atoms with E-state index in [2.05, 4.69) is 15.4 Å². The average Bonchev–Trinajstić information content (AvgIpc) is 2.87. The summed E-state index contributed by atoms with van der Waals surface area (Å²) in [6.45, 7) is 0. The van der Waals surface area contributed by atoms with Crippen molar-refractivity contribution >= 4 is 27.6 Å². The summed E-state index contributed by atoms with van der Waals surface area (Å²) < 4.78 is 6.99. The Morgan fingerprint density at radius 1 is 1.21 bits per heavy atom. The molecule has 0 spiro atoms. The van der Waals surface area contributed by atoms with Crippen molar-refractivity contribution in [2.45, 2.75) is 0 Å². The zero-order chi connectivity index (χ0) is 13.0. The highest BCUT2D eigenvalue weighted by Crippen LogP contribution is 2.18. The Bertz CT molecular complexity index is 1060. The Morgan fingerprint density at radius 2 is 2.11 bits per heavy atom. The molecule has 0 amide bonds. The fourth-order valence-corrected chi connectivity index (χ4v) is 2.13. The molecule has 0 fully saturated rings. The normalized spacial score (nSPS) is 11.6. The monoisotopic (exact) mass is 254 g/mol. The number of aromatic nitrogens is 4. The minimum atomic E-state index is -0.371. The summed E-state index contributed by atoms with van der Waals surface area (Å²) in [4.78, 5) is 23.9. The van der Waals surface area contributed by atoms with E-state index in [0.29, 0.717) is 27.6 Å². The smallest absolute Gasteiger partial charge is 0.275 e. The van der Waals surface area contributed by atoms with Gasteiger partial charge in [-0.1, -0.05) is 5.21 Å². The van der Waals surface area contributed by atoms with E-state index >= 15 is 0 Å². The molecule has 7 nitrogen and oxygen atoms in total. The molecule has 0 aliphatic heterocycles. The summed E-state index contributed by atoms with van der Waals surface area (Å²) in [6.07, 6.45) is 1.62. The van der Waals surface area contributed by atoms with E-state index in [0.717, 1.165) is 0 Å². The van der Waals surface area contributed by atoms with Crippen molar-refractivity contribution in [1.82, 2.24) is 19.8 Å². The van der Waals surface area contributed by atoms with Crippen LogP contribution in [0.25, 0.3) is 27.6 Å². The fraction of sp³-hybridized carbons (Fsp3) is 0. The zero-order valence-electron chi connectivity index (χ0n) is 9.45. The first-order chi connectivity index (χ1) is 9.24. The lowest BCUT2D eigenvalue weighted by atomic mass is 10.2. The van der Waals surface area contributed by atoms with Crippen LogP contribution in [0, 0.1) is 0 Å². The van der Waals surface area contributed by atoms with Crippen LogP contribution in [0.15, 0.2) is 44.5 Å². The highest BCUT2D eigenvalue weighted by atomic mass is 16.3. The molecule has 19 heavy (non-hydrogen) atoms. The van der Waals surface area contributed by atoms with Crippen LogP contribution in [-0.2, 0) is 0 Å². The third-order valence-corrected chi connectivity index (χ3v) is 3.03. The maximum absolute atomic E-state index is 12.2. The van der Waals surface area contributed by atoms with Gasteiger partial charge in [-0.05, 0) is 18.2 Å². The van der Waals surface area contributed by atoms with Gasteiger partial charge in [0.2, 0.25) is 5.71 Å². The topological polar surface area (TPSA) is 93.3 Å². The number of benzene rings is 1. The lowest BCUT2D eigenvalue weighted by Gasteiger charge is -2.00. The van der Waals surface area contributed by atoms with Crippen LogP contribution >= 0.6 is 0 Å². The Labute approximate surface area is 104 Å². The lowest BCUT2D eigenvalue weighted by Crippen LogP contribution is -2.13. The van der Waals surface area contributed by atoms with Crippen molar-refractivity contribution < 1.29 is 4.42 Å². The number of rotatable bonds is 0. The largest absolute Gasteiger partial charge is 0.440 e. The Morgan fingerprint density at radius 3 is 3.00 bits per heavy atom. The first-order valence-corrected chi connectivity index (χ1v) is 5.53. The highest BCUT2D eigenvalue weighted by molar-refractivity contribution is 5.92. The minimum Gasteiger partial charge on any atom is -0.440 e. The van der Waals surface area contributed by atoms with Crippen molar-refractivity contribution in [2.24, 2.45) is 0 Å². The molecule has 4 rings (SSSR count). The molecule has 1 aromatic carbocycles. The Kier molecular flexibility index (Phi) is 1.73. The standard InChI is InChI=1S/C12H6N4O3/c17-11-6-5-9-7(4-8(6)13-15-14-11)12(18)16-3-1-2-10(16)19-9/h1-5H,(H,13,14,17). The maximum atomic E-state index is 12.2. The molecular weight excluding hydrogens is 248 g/mol. The van der Waals surface area contributed by atoms with E-state index in [1.165, 1.54) is 16.5 Å². The molecule has 0 atom stereocenters. The highest BCUT2D eigenvalue weighted by Gasteiger charge is 2.10. The number of aromatic amines is 1. The molecule has 0 saturated carbocycles. The fourth-order valence-electron chi connectivity index (χ4n) is 2.13. The van der Waals surface area contributed by atoms with Crippen LogP contribution in [-0.4, -0.2) is 19.8 Å². The predicted molar refractivity (Wildman–Crippen MR) is 67.2 cm³/mol. The summed E-state index contributed by atoms with van der Waals surface area (Å²) in [5.74, 6) is 0. The molecule has 0 aliphatic carbocycles. The van der Waals surface area contributed by atoms with Gasteiger partial charge in [0.25, 0.3) is 11.1 Å². The second-order valence-electron chi connectivity index (χ2n) is 4.13. The Balaban J connectivity index is 2.34. The first-order valence-electron chi connectivity index (χ1n) is 5.53. The van der Waals surface area contributed by atoms with E-state index in [-0.39, 0.29) is 11.1 Å². The first kappa shape index (κ1) is 10.0. The number of H-pyrrole nitrogens is 1. The van der Waals surface area contributed by atoms with Gasteiger partial charge in [0, 0.05) is 12.3 Å². The molecule has 0 aliphatic rings. The van der Waals surface area contributed by atoms with E-state index in [9.17, 15) is 9.59 Å². The molecule has 0 saturated heterocycles. The summed E-state index contributed by atoms with van der Waals surface area (Å²) in [5, 5.41) is 10.2. The van der Waals surface area contributed by atoms with E-state index < -0.39 is 0 Å². The van der Waals surface area contributed by atoms with Gasteiger partial charge in [0.15, 0.2) is 0 Å². The van der Waals surface area contributed by atoms with E-state index in [1.54, 1.807) is 18.3 Å². The number of hydrogen-bond donors (Lipinski definition) is 1. The van der Waals surface area contributed by atoms with Gasteiger partial charge in [-0.3, -0.25) is 14.0 Å². The van der Waals surface area contributed by atoms with Crippen LogP contribution in [0.4, 0.5) is 0 Å². The lowest BCUT2D eigenvalue weighted by molar-refractivity contribution is 0.628. The minimum absolute atomic E-state index is 0.217. The molecule has 0 radical (unpaired) electrons. The second-order valence-corrected chi connectivity index (χ2v) is 4.13. The van der Waals surface area contributed by atoms with Gasteiger partial charge in [-0.25, -0.2) is 5.10 Å². The average molecular weight is 254 g/mol. The third-order valence-electron chi connectivity index (χ3n) is 3.03. The predicted octanol–water partition coefficient (Wildman–Crippen LogP) is 0.677. The molecule has 92 valence electrons. The van der Waals surface area contributed by atoms with Crippen LogP contribution in [0.1, 0.15) is 0 Å². The zero-order valence-corrected chi connectivity index (χ0v) is 9.45. The Hall–Kier alpha value is -2.96. The van der Waals surface area contributed by atoms with Gasteiger partial charge in [0.05, 0.1) is 10.8 Å². The van der Waals surface area contributed by atoms with Crippen molar-refractivity contribution in [3.05, 3.63) is 51.2 Å². The third kappa shape index (κ3) is 1.26. The van der Waals surface area contributed by atoms with Crippen LogP contribution in [0.2, 0.25) is 0 Å². The van der Waals surface area contributed by atoms with Gasteiger partial charge in [-0.15, -0.1) is 5.10 Å². The van der Waals surface area contributed by atoms with E-state index in [4.69, 9.17) is 4.42 Å². The molecule has 1 N–H and O–H groups in total. The van der Waals surface area contributed by atoms with Crippen molar-refractivity contribution in [3.63, 3.8) is 0 Å². The number of nitrogens with zero attached hydrogens (tertiary/aromatic N) is 3. The van der Waals surface area contributed by atoms with Crippen molar-refractivity contribution in [3.8, 4) is 0 Å². The van der Waals surface area contributed by atoms with Crippen LogP contribution < -0.4 is 11.1 Å². The van der Waals surface area contributed by atoms with Gasteiger partial charge < -0.3 is 4.42 Å². The van der Waals surface area contributed by atoms with E-state index in [1.807, 2.05) is 0 Å². The van der Waals surface area contributed by atoms with Crippen molar-refractivity contribution in [1.29, 1.82) is 0 Å². The van der Waals surface area contributed by atoms with Gasteiger partial charge in [0.1, 0.15) is 11.1 Å². The van der Waals surface area contributed by atoms with Crippen molar-refractivity contribution in [2.75, 3.05) is 0 Å².